The van der Waals surface area contributed by atoms with Crippen LogP contribution in [0.5, 0.6) is 5.75 Å². The number of hydrogen-bond acceptors (Lipinski definition) is 5. The summed E-state index contributed by atoms with van der Waals surface area (Å²) in [6.45, 7) is 2.07. The van der Waals surface area contributed by atoms with E-state index in [4.69, 9.17) is 9.47 Å². The van der Waals surface area contributed by atoms with Crippen molar-refractivity contribution in [3.8, 4) is 16.9 Å². The Morgan fingerprint density at radius 1 is 1.21 bits per heavy atom. The summed E-state index contributed by atoms with van der Waals surface area (Å²) in [7, 11) is 1.50. The topological polar surface area (TPSA) is 61.3 Å². The van der Waals surface area contributed by atoms with E-state index in [1.54, 1.807) is 37.6 Å². The van der Waals surface area contributed by atoms with Crippen LogP contribution in [-0.4, -0.2) is 29.7 Å². The predicted octanol–water partition coefficient (Wildman–Crippen LogP) is 2.33. The van der Waals surface area contributed by atoms with Crippen LogP contribution in [0.2, 0.25) is 0 Å². The van der Waals surface area contributed by atoms with Gasteiger partial charge in [0.1, 0.15) is 5.56 Å². The second kappa shape index (κ2) is 5.95. The second-order valence-corrected chi connectivity index (χ2v) is 3.72. The number of hydrogen-bond donors (Lipinski definition) is 0. The molecule has 0 N–H and O–H groups in total. The van der Waals surface area contributed by atoms with E-state index in [-0.39, 0.29) is 0 Å². The molecule has 2 heterocycles. The molecule has 0 aliphatic rings. The highest BCUT2D eigenvalue weighted by molar-refractivity contribution is 5.99. The van der Waals surface area contributed by atoms with Crippen LogP contribution in [0.1, 0.15) is 17.3 Å². The number of carbonyl (C=O) groups is 1. The predicted molar refractivity (Wildman–Crippen MR) is 70.0 cm³/mol. The summed E-state index contributed by atoms with van der Waals surface area (Å²) >= 11 is 0. The van der Waals surface area contributed by atoms with Gasteiger partial charge in [0.05, 0.1) is 19.9 Å². The third-order valence-corrected chi connectivity index (χ3v) is 2.60. The van der Waals surface area contributed by atoms with E-state index < -0.39 is 5.97 Å². The average Bonchev–Trinajstić information content (AvgIpc) is 2.47. The van der Waals surface area contributed by atoms with Crippen LogP contribution in [0.4, 0.5) is 0 Å². The Bertz CT molecular complexity index is 570. The smallest absolute Gasteiger partial charge is 0.342 e. The van der Waals surface area contributed by atoms with Crippen molar-refractivity contribution in [2.45, 2.75) is 6.92 Å². The average molecular weight is 258 g/mol. The summed E-state index contributed by atoms with van der Waals surface area (Å²) in [5.74, 6) is -0.0266. The molecule has 0 saturated carbocycles. The minimum Gasteiger partial charge on any atom is -0.494 e. The molecule has 5 nitrogen and oxygen atoms in total. The monoisotopic (exact) mass is 258 g/mol. The van der Waals surface area contributed by atoms with Crippen LogP contribution >= 0.6 is 0 Å². The molecule has 0 fully saturated rings. The third-order valence-electron chi connectivity index (χ3n) is 2.60. The van der Waals surface area contributed by atoms with Gasteiger partial charge in [-0.05, 0) is 24.6 Å². The van der Waals surface area contributed by atoms with Crippen molar-refractivity contribution in [1.82, 2.24) is 9.97 Å². The number of methoxy groups -OCH3 is 1. The summed E-state index contributed by atoms with van der Waals surface area (Å²) in [5, 5.41) is 0. The zero-order valence-corrected chi connectivity index (χ0v) is 10.8. The molecule has 5 heteroatoms. The first-order valence-electron chi connectivity index (χ1n) is 5.87. The molecule has 0 bridgehead atoms. The zero-order chi connectivity index (χ0) is 13.7. The summed E-state index contributed by atoms with van der Waals surface area (Å²) in [5.41, 5.74) is 1.88. The molecular weight excluding hydrogens is 244 g/mol. The molecule has 0 aromatic carbocycles. The fraction of sp³-hybridized carbons (Fsp3) is 0.214. The summed E-state index contributed by atoms with van der Waals surface area (Å²) in [6, 6.07) is 3.61. The molecule has 19 heavy (non-hydrogen) atoms. The van der Waals surface area contributed by atoms with Gasteiger partial charge in [-0.25, -0.2) is 4.79 Å². The van der Waals surface area contributed by atoms with Crippen molar-refractivity contribution < 1.29 is 14.3 Å². The summed E-state index contributed by atoms with van der Waals surface area (Å²) in [6.07, 6.45) is 6.43. The maximum absolute atomic E-state index is 12.1. The van der Waals surface area contributed by atoms with E-state index in [0.29, 0.717) is 23.5 Å². The van der Waals surface area contributed by atoms with Crippen molar-refractivity contribution in [3.63, 3.8) is 0 Å². The van der Waals surface area contributed by atoms with E-state index in [0.717, 1.165) is 5.56 Å². The van der Waals surface area contributed by atoms with Crippen molar-refractivity contribution in [2.75, 3.05) is 13.7 Å². The highest BCUT2D eigenvalue weighted by Crippen LogP contribution is 2.29. The molecule has 0 amide bonds. The number of rotatable bonds is 4. The molecule has 0 saturated heterocycles. The first kappa shape index (κ1) is 13.0. The maximum atomic E-state index is 12.1. The Morgan fingerprint density at radius 3 is 2.58 bits per heavy atom. The number of aromatic nitrogens is 2. The van der Waals surface area contributed by atoms with Crippen molar-refractivity contribution in [1.29, 1.82) is 0 Å². The number of carbonyl (C=O) groups excluding carboxylic acids is 1. The third kappa shape index (κ3) is 2.70. The standard InChI is InChI=1S/C14H14N2O3/c1-3-19-14(17)13-11(8-16-9-12(13)18-2)10-4-6-15-7-5-10/h4-9H,3H2,1-2H3. The molecule has 2 aromatic rings. The molecule has 2 rings (SSSR count). The highest BCUT2D eigenvalue weighted by Gasteiger charge is 2.19. The van der Waals surface area contributed by atoms with E-state index >= 15 is 0 Å². The van der Waals surface area contributed by atoms with Crippen LogP contribution in [0.3, 0.4) is 0 Å². The van der Waals surface area contributed by atoms with E-state index in [2.05, 4.69) is 9.97 Å². The summed E-state index contributed by atoms with van der Waals surface area (Å²) < 4.78 is 10.3. The molecule has 0 atom stereocenters. The lowest BCUT2D eigenvalue weighted by Crippen LogP contribution is -2.09. The SMILES string of the molecule is CCOC(=O)c1c(OC)cncc1-c1ccncc1. The Labute approximate surface area is 111 Å². The van der Waals surface area contributed by atoms with Gasteiger partial charge in [0.15, 0.2) is 5.75 Å². The van der Waals surface area contributed by atoms with Gasteiger partial charge < -0.3 is 9.47 Å². The van der Waals surface area contributed by atoms with E-state index in [1.165, 1.54) is 13.3 Å². The minimum absolute atomic E-state index is 0.306. The fourth-order valence-corrected chi connectivity index (χ4v) is 1.76. The molecule has 0 aliphatic heterocycles. The summed E-state index contributed by atoms with van der Waals surface area (Å²) in [4.78, 5) is 20.1. The normalized spacial score (nSPS) is 10.0. The van der Waals surface area contributed by atoms with Crippen LogP contribution in [-0.2, 0) is 4.74 Å². The van der Waals surface area contributed by atoms with E-state index in [9.17, 15) is 4.79 Å². The maximum Gasteiger partial charge on any atom is 0.342 e. The largest absolute Gasteiger partial charge is 0.494 e. The lowest BCUT2D eigenvalue weighted by molar-refractivity contribution is 0.0523. The van der Waals surface area contributed by atoms with Gasteiger partial charge in [0.25, 0.3) is 0 Å². The van der Waals surface area contributed by atoms with Crippen LogP contribution in [0.15, 0.2) is 36.9 Å². The molecule has 2 aromatic heterocycles. The van der Waals surface area contributed by atoms with Crippen molar-refractivity contribution in [3.05, 3.63) is 42.5 Å². The van der Waals surface area contributed by atoms with Gasteiger partial charge in [0.2, 0.25) is 0 Å². The quantitative estimate of drug-likeness (QED) is 0.788. The number of pyridine rings is 2. The molecule has 98 valence electrons. The van der Waals surface area contributed by atoms with Crippen LogP contribution < -0.4 is 4.74 Å². The Hall–Kier alpha value is -2.43. The first-order valence-corrected chi connectivity index (χ1v) is 5.87. The van der Waals surface area contributed by atoms with E-state index in [1.807, 2.05) is 0 Å². The molecule has 0 spiro atoms. The lowest BCUT2D eigenvalue weighted by Gasteiger charge is -2.12. The molecule has 0 radical (unpaired) electrons. The molecule has 0 unspecified atom stereocenters. The Morgan fingerprint density at radius 2 is 1.95 bits per heavy atom. The Balaban J connectivity index is 2.57. The number of ether oxygens (including phenoxy) is 2. The van der Waals surface area contributed by atoms with Gasteiger partial charge in [0, 0.05) is 24.2 Å². The first-order chi connectivity index (χ1) is 9.27. The van der Waals surface area contributed by atoms with Crippen molar-refractivity contribution in [2.24, 2.45) is 0 Å². The lowest BCUT2D eigenvalue weighted by atomic mass is 10.0. The molecular formula is C14H14N2O3. The van der Waals surface area contributed by atoms with Gasteiger partial charge in [-0.15, -0.1) is 0 Å². The molecule has 0 aliphatic carbocycles. The van der Waals surface area contributed by atoms with Crippen LogP contribution in [0, 0.1) is 0 Å². The van der Waals surface area contributed by atoms with Gasteiger partial charge in [-0.3, -0.25) is 9.97 Å². The Kier molecular flexibility index (Phi) is 4.07. The van der Waals surface area contributed by atoms with Crippen molar-refractivity contribution >= 4 is 5.97 Å². The highest BCUT2D eigenvalue weighted by atomic mass is 16.5. The van der Waals surface area contributed by atoms with Gasteiger partial charge >= 0.3 is 5.97 Å². The van der Waals surface area contributed by atoms with Gasteiger partial charge in [-0.1, -0.05) is 0 Å². The van der Waals surface area contributed by atoms with Gasteiger partial charge in [-0.2, -0.15) is 0 Å². The second-order valence-electron chi connectivity index (χ2n) is 3.72. The zero-order valence-electron chi connectivity index (χ0n) is 10.8. The number of esters is 1. The fourth-order valence-electron chi connectivity index (χ4n) is 1.76. The minimum atomic E-state index is -0.423. The number of nitrogens with zero attached hydrogens (tertiary/aromatic N) is 2. The van der Waals surface area contributed by atoms with Crippen LogP contribution in [0.25, 0.3) is 11.1 Å².